The van der Waals surface area contributed by atoms with Crippen LogP contribution in [-0.2, 0) is 32.9 Å². The fourth-order valence-electron chi connectivity index (χ4n) is 8.59. The minimum Gasteiger partial charge on any atom is -0.490 e. The number of benzene rings is 3. The number of piperidine rings is 2. The molecule has 0 aliphatic carbocycles. The normalized spacial score (nSPS) is 20.9. The van der Waals surface area contributed by atoms with E-state index in [1.165, 1.54) is 11.1 Å². The van der Waals surface area contributed by atoms with E-state index < -0.39 is 29.7 Å². The summed E-state index contributed by atoms with van der Waals surface area (Å²) in [7, 11) is 0. The minimum absolute atomic E-state index is 0.0909. The Balaban J connectivity index is 0.744. The predicted octanol–water partition coefficient (Wildman–Crippen LogP) is 4.66. The summed E-state index contributed by atoms with van der Waals surface area (Å²) in [5.74, 6) is 0.409. The van der Waals surface area contributed by atoms with Crippen LogP contribution in [0.1, 0.15) is 82.6 Å². The summed E-state index contributed by atoms with van der Waals surface area (Å²) in [5, 5.41) is 2.24. The average Bonchev–Trinajstić information content (AvgIpc) is 3.42. The molecule has 0 saturated carbocycles. The quantitative estimate of drug-likeness (QED) is 0.213. The Morgan fingerprint density at radius 1 is 0.842 bits per heavy atom. The maximum Gasteiger partial charge on any atom is 0.262 e. The number of nitrogens with one attached hydrogen (secondary N) is 1. The van der Waals surface area contributed by atoms with Gasteiger partial charge in [0.15, 0.2) is 0 Å². The van der Waals surface area contributed by atoms with Crippen molar-refractivity contribution >= 4 is 29.6 Å². The van der Waals surface area contributed by atoms with E-state index in [0.717, 1.165) is 85.8 Å². The molecule has 4 amide bonds. The van der Waals surface area contributed by atoms with Gasteiger partial charge in [0.25, 0.3) is 11.8 Å². The number of hydrogen-bond donors (Lipinski definition) is 1. The van der Waals surface area contributed by atoms with Gasteiger partial charge in [0.2, 0.25) is 17.8 Å². The molecular formula is C44H46N6O7. The van der Waals surface area contributed by atoms with Crippen LogP contribution >= 0.6 is 0 Å². The summed E-state index contributed by atoms with van der Waals surface area (Å²) in [6.45, 7) is 10.7. The zero-order chi connectivity index (χ0) is 39.3. The molecular weight excluding hydrogens is 725 g/mol. The Kier molecular flexibility index (Phi) is 9.52. The number of hydrogen-bond acceptors (Lipinski definition) is 11. The zero-order valence-electron chi connectivity index (χ0n) is 32.2. The predicted molar refractivity (Wildman–Crippen MR) is 209 cm³/mol. The first kappa shape index (κ1) is 36.9. The molecule has 0 bridgehead atoms. The molecule has 5 aliphatic rings. The van der Waals surface area contributed by atoms with E-state index in [1.807, 2.05) is 24.3 Å². The Hall–Kier alpha value is -5.66. The van der Waals surface area contributed by atoms with Crippen LogP contribution in [0.25, 0.3) is 0 Å². The number of amides is 4. The SMILES string of the molecule is CC(C)(c1ccc(OCc2ccnc(N3CC4(COC4)C3)n2)cc1)c1ccc(OC2CCN(Cc3ccc4c(c3)C(=O)N(C3CCC(=O)NC3=O)C4=O)CC2)cc1. The zero-order valence-corrected chi connectivity index (χ0v) is 32.2. The van der Waals surface area contributed by atoms with Crippen LogP contribution in [0.3, 0.4) is 0 Å². The third-order valence-electron chi connectivity index (χ3n) is 12.1. The second-order valence-corrected chi connectivity index (χ2v) is 16.6. The lowest BCUT2D eigenvalue weighted by molar-refractivity contribution is -0.136. The Morgan fingerprint density at radius 3 is 2.19 bits per heavy atom. The van der Waals surface area contributed by atoms with E-state index in [9.17, 15) is 19.2 Å². The van der Waals surface area contributed by atoms with Gasteiger partial charge in [-0.3, -0.25) is 34.3 Å². The molecule has 13 nitrogen and oxygen atoms in total. The summed E-state index contributed by atoms with van der Waals surface area (Å²) in [4.78, 5) is 65.1. The van der Waals surface area contributed by atoms with Crippen LogP contribution in [0, 0.1) is 5.41 Å². The van der Waals surface area contributed by atoms with Crippen LogP contribution in [0.4, 0.5) is 5.95 Å². The highest BCUT2D eigenvalue weighted by Crippen LogP contribution is 2.39. The first-order chi connectivity index (χ1) is 27.5. The van der Waals surface area contributed by atoms with Crippen molar-refractivity contribution in [1.29, 1.82) is 0 Å². The van der Waals surface area contributed by atoms with E-state index in [1.54, 1.807) is 18.3 Å². The summed E-state index contributed by atoms with van der Waals surface area (Å²) in [6, 6.07) is 22.9. The van der Waals surface area contributed by atoms with Gasteiger partial charge in [0.05, 0.1) is 35.4 Å². The topological polar surface area (TPSA) is 144 Å². The molecule has 13 heteroatoms. The Labute approximate surface area is 331 Å². The van der Waals surface area contributed by atoms with Gasteiger partial charge in [0, 0.05) is 50.8 Å². The number of carbonyl (C=O) groups is 4. The van der Waals surface area contributed by atoms with Crippen molar-refractivity contribution in [3.8, 4) is 11.5 Å². The van der Waals surface area contributed by atoms with Crippen LogP contribution in [-0.4, -0.2) is 94.9 Å². The lowest BCUT2D eigenvalue weighted by atomic mass is 9.78. The molecule has 5 aliphatic heterocycles. The van der Waals surface area contributed by atoms with E-state index in [2.05, 4.69) is 70.3 Å². The van der Waals surface area contributed by atoms with Crippen molar-refractivity contribution in [3.05, 3.63) is 113 Å². The standard InChI is InChI=1S/C44H46N6O7/c1-43(2,29-4-8-32(9-5-29)56-23-31-15-18-45-42(46-31)49-24-44(25-49)26-55-27-44)30-6-10-33(11-7-30)57-34-16-19-48(20-17-34)22-28-3-12-35-36(21-28)41(54)50(40(35)53)37-13-14-38(51)47-39(37)52/h3-12,15,18,21,34,37H,13-14,16-17,19-20,22-27H2,1-2H3,(H,47,51,52). The van der Waals surface area contributed by atoms with Gasteiger partial charge in [0.1, 0.15) is 30.3 Å². The monoisotopic (exact) mass is 770 g/mol. The molecule has 0 radical (unpaired) electrons. The van der Waals surface area contributed by atoms with Crippen LogP contribution in [0.5, 0.6) is 11.5 Å². The molecule has 1 unspecified atom stereocenters. The molecule has 57 heavy (non-hydrogen) atoms. The number of nitrogens with zero attached hydrogens (tertiary/aromatic N) is 5. The number of aromatic nitrogens is 2. The number of fused-ring (bicyclic) bond motifs is 1. The second kappa shape index (κ2) is 14.7. The number of imide groups is 2. The van der Waals surface area contributed by atoms with E-state index in [0.29, 0.717) is 29.7 Å². The van der Waals surface area contributed by atoms with E-state index in [4.69, 9.17) is 19.2 Å². The first-order valence-corrected chi connectivity index (χ1v) is 19.8. The highest BCUT2D eigenvalue weighted by Gasteiger charge is 2.50. The molecule has 1 N–H and O–H groups in total. The fourth-order valence-corrected chi connectivity index (χ4v) is 8.59. The largest absolute Gasteiger partial charge is 0.490 e. The number of ether oxygens (including phenoxy) is 3. The van der Waals surface area contributed by atoms with Gasteiger partial charge in [-0.05, 0) is 78.4 Å². The van der Waals surface area contributed by atoms with Crippen molar-refractivity contribution in [2.45, 2.75) is 70.2 Å². The summed E-state index contributed by atoms with van der Waals surface area (Å²) < 4.78 is 17.9. The maximum absolute atomic E-state index is 13.3. The minimum atomic E-state index is -0.970. The second-order valence-electron chi connectivity index (χ2n) is 16.6. The van der Waals surface area contributed by atoms with Gasteiger partial charge in [-0.1, -0.05) is 44.2 Å². The summed E-state index contributed by atoms with van der Waals surface area (Å²) in [6.07, 6.45) is 3.84. The molecule has 4 aromatic rings. The third kappa shape index (κ3) is 7.25. The Bertz CT molecular complexity index is 2200. The van der Waals surface area contributed by atoms with Crippen molar-refractivity contribution in [3.63, 3.8) is 0 Å². The van der Waals surface area contributed by atoms with Crippen molar-refractivity contribution in [1.82, 2.24) is 25.1 Å². The summed E-state index contributed by atoms with van der Waals surface area (Å²) in [5.41, 5.74) is 4.81. The van der Waals surface area contributed by atoms with Gasteiger partial charge in [-0.2, -0.15) is 0 Å². The molecule has 1 aromatic heterocycles. The molecule has 4 saturated heterocycles. The summed E-state index contributed by atoms with van der Waals surface area (Å²) >= 11 is 0. The van der Waals surface area contributed by atoms with Crippen molar-refractivity contribution < 1.29 is 33.4 Å². The average molecular weight is 771 g/mol. The van der Waals surface area contributed by atoms with Crippen molar-refractivity contribution in [2.24, 2.45) is 5.41 Å². The number of carbonyl (C=O) groups excluding carboxylic acids is 4. The maximum atomic E-state index is 13.3. The highest BCUT2D eigenvalue weighted by molar-refractivity contribution is 6.23. The van der Waals surface area contributed by atoms with Crippen LogP contribution < -0.4 is 19.7 Å². The van der Waals surface area contributed by atoms with Crippen molar-refractivity contribution in [2.75, 3.05) is 44.3 Å². The number of rotatable bonds is 11. The first-order valence-electron chi connectivity index (χ1n) is 19.8. The van der Waals surface area contributed by atoms with Gasteiger partial charge in [-0.25, -0.2) is 9.97 Å². The number of likely N-dealkylation sites (tertiary alicyclic amines) is 1. The van der Waals surface area contributed by atoms with E-state index in [-0.39, 0.29) is 24.4 Å². The lowest BCUT2D eigenvalue weighted by Gasteiger charge is -2.54. The third-order valence-corrected chi connectivity index (χ3v) is 12.1. The molecule has 4 fully saturated rings. The number of anilines is 1. The van der Waals surface area contributed by atoms with E-state index >= 15 is 0 Å². The molecule has 9 rings (SSSR count). The fraction of sp³-hybridized carbons (Fsp3) is 0.409. The van der Waals surface area contributed by atoms with Gasteiger partial charge in [-0.15, -0.1) is 0 Å². The van der Waals surface area contributed by atoms with Gasteiger partial charge < -0.3 is 19.1 Å². The lowest BCUT2D eigenvalue weighted by Crippen LogP contribution is -2.66. The molecule has 294 valence electrons. The molecule has 1 atom stereocenters. The highest BCUT2D eigenvalue weighted by atomic mass is 16.5. The van der Waals surface area contributed by atoms with Crippen LogP contribution in [0.2, 0.25) is 0 Å². The smallest absolute Gasteiger partial charge is 0.262 e. The molecule has 6 heterocycles. The van der Waals surface area contributed by atoms with Crippen LogP contribution in [0.15, 0.2) is 79.0 Å². The molecule has 1 spiro atoms. The molecule has 3 aromatic carbocycles. The Morgan fingerprint density at radius 2 is 1.53 bits per heavy atom. The van der Waals surface area contributed by atoms with Gasteiger partial charge >= 0.3 is 0 Å².